The number of carbonyl (C=O) groups is 1. The zero-order valence-corrected chi connectivity index (χ0v) is 13.7. The third-order valence-corrected chi connectivity index (χ3v) is 3.78. The highest BCUT2D eigenvalue weighted by atomic mass is 19.1. The lowest BCUT2D eigenvalue weighted by Crippen LogP contribution is -2.28. The Balaban J connectivity index is 1.68. The number of nitrogens with one attached hydrogen (secondary N) is 1. The highest BCUT2D eigenvalue weighted by molar-refractivity contribution is 5.75. The second-order valence-corrected chi connectivity index (χ2v) is 5.57. The summed E-state index contributed by atoms with van der Waals surface area (Å²) in [6.07, 6.45) is 1.08. The molecule has 0 aliphatic heterocycles. The van der Waals surface area contributed by atoms with Gasteiger partial charge >= 0.3 is 0 Å². The molecule has 0 radical (unpaired) electrons. The average Bonchev–Trinajstić information content (AvgIpc) is 2.61. The Morgan fingerprint density at radius 3 is 2.46 bits per heavy atom. The van der Waals surface area contributed by atoms with E-state index in [4.69, 9.17) is 4.74 Å². The fraction of sp³-hybridized carbons (Fsp3) is 0.316. The smallest absolute Gasteiger partial charge is 0.220 e. The van der Waals surface area contributed by atoms with Crippen molar-refractivity contribution >= 4 is 5.91 Å². The van der Waals surface area contributed by atoms with Crippen LogP contribution in [-0.2, 0) is 11.2 Å². The number of hydrogen-bond donors (Lipinski definition) is 2. The number of ether oxygens (including phenoxy) is 1. The Morgan fingerprint density at radius 2 is 1.83 bits per heavy atom. The molecule has 2 rings (SSSR count). The summed E-state index contributed by atoms with van der Waals surface area (Å²) in [6, 6.07) is 13.4. The monoisotopic (exact) mass is 331 g/mol. The van der Waals surface area contributed by atoms with Crippen LogP contribution in [0.4, 0.5) is 4.39 Å². The normalized spacial score (nSPS) is 11.8. The van der Waals surface area contributed by atoms with Gasteiger partial charge in [-0.25, -0.2) is 4.39 Å². The van der Waals surface area contributed by atoms with E-state index in [0.717, 1.165) is 24.2 Å². The Morgan fingerprint density at radius 1 is 1.17 bits per heavy atom. The van der Waals surface area contributed by atoms with Crippen LogP contribution in [-0.4, -0.2) is 24.7 Å². The van der Waals surface area contributed by atoms with Crippen molar-refractivity contribution < 1.29 is 19.0 Å². The van der Waals surface area contributed by atoms with Gasteiger partial charge in [0.15, 0.2) is 0 Å². The van der Waals surface area contributed by atoms with Gasteiger partial charge in [-0.15, -0.1) is 0 Å². The molecule has 2 N–H and O–H groups in total. The van der Waals surface area contributed by atoms with Crippen molar-refractivity contribution in [3.63, 3.8) is 0 Å². The fourth-order valence-corrected chi connectivity index (χ4v) is 2.35. The van der Waals surface area contributed by atoms with E-state index in [1.165, 1.54) is 24.3 Å². The molecular weight excluding hydrogens is 309 g/mol. The molecule has 0 spiro atoms. The number of methoxy groups -OCH3 is 1. The quantitative estimate of drug-likeness (QED) is 0.782. The number of aliphatic hydroxyl groups excluding tert-OH is 1. The van der Waals surface area contributed by atoms with Crippen LogP contribution in [0.5, 0.6) is 5.75 Å². The summed E-state index contributed by atoms with van der Waals surface area (Å²) in [4.78, 5) is 11.8. The number of rotatable bonds is 8. The van der Waals surface area contributed by atoms with Crippen molar-refractivity contribution in [1.82, 2.24) is 5.32 Å². The van der Waals surface area contributed by atoms with E-state index in [-0.39, 0.29) is 18.3 Å². The minimum atomic E-state index is -0.837. The van der Waals surface area contributed by atoms with Crippen LogP contribution in [0.3, 0.4) is 0 Å². The van der Waals surface area contributed by atoms with Gasteiger partial charge in [-0.05, 0) is 48.2 Å². The Kier molecular flexibility index (Phi) is 6.75. The van der Waals surface area contributed by atoms with Crippen LogP contribution in [0.15, 0.2) is 48.5 Å². The van der Waals surface area contributed by atoms with E-state index in [1.807, 2.05) is 24.3 Å². The molecule has 0 saturated carbocycles. The molecule has 0 aliphatic rings. The summed E-state index contributed by atoms with van der Waals surface area (Å²) in [7, 11) is 1.62. The van der Waals surface area contributed by atoms with Gasteiger partial charge in [-0.1, -0.05) is 24.3 Å². The summed E-state index contributed by atoms with van der Waals surface area (Å²) < 4.78 is 17.9. The molecule has 0 bridgehead atoms. The Bertz CT molecular complexity index is 641. The first-order valence-corrected chi connectivity index (χ1v) is 7.91. The van der Waals surface area contributed by atoms with E-state index >= 15 is 0 Å². The van der Waals surface area contributed by atoms with Gasteiger partial charge in [-0.3, -0.25) is 4.79 Å². The number of halogens is 1. The number of aryl methyl sites for hydroxylation is 1. The van der Waals surface area contributed by atoms with Gasteiger partial charge < -0.3 is 15.2 Å². The van der Waals surface area contributed by atoms with Gasteiger partial charge in [0.2, 0.25) is 5.91 Å². The first-order valence-electron chi connectivity index (χ1n) is 7.91. The fourth-order valence-electron chi connectivity index (χ4n) is 2.35. The second kappa shape index (κ2) is 9.03. The summed E-state index contributed by atoms with van der Waals surface area (Å²) >= 11 is 0. The number of carbonyl (C=O) groups excluding carboxylic acids is 1. The average molecular weight is 331 g/mol. The lowest BCUT2D eigenvalue weighted by atomic mass is 10.1. The molecule has 0 fully saturated rings. The number of amides is 1. The van der Waals surface area contributed by atoms with Gasteiger partial charge in [0, 0.05) is 13.0 Å². The predicted octanol–water partition coefficient (Wildman–Crippen LogP) is 3.01. The summed E-state index contributed by atoms with van der Waals surface area (Å²) in [5, 5.41) is 12.7. The molecule has 1 unspecified atom stereocenters. The molecule has 5 heteroatoms. The molecule has 0 aliphatic carbocycles. The lowest BCUT2D eigenvalue weighted by molar-refractivity contribution is -0.121. The summed E-state index contributed by atoms with van der Waals surface area (Å²) in [5.74, 6) is 0.351. The van der Waals surface area contributed by atoms with Crippen molar-refractivity contribution in [3.8, 4) is 5.75 Å². The van der Waals surface area contributed by atoms with Gasteiger partial charge in [0.1, 0.15) is 11.6 Å². The van der Waals surface area contributed by atoms with E-state index in [2.05, 4.69) is 5.32 Å². The number of benzene rings is 2. The van der Waals surface area contributed by atoms with Crippen LogP contribution in [0.1, 0.15) is 30.1 Å². The van der Waals surface area contributed by atoms with Crippen molar-refractivity contribution in [1.29, 1.82) is 0 Å². The first-order chi connectivity index (χ1) is 11.6. The predicted molar refractivity (Wildman–Crippen MR) is 90.3 cm³/mol. The standard InChI is InChI=1S/C19H22FNO3/c1-24-17-11-5-14(6-12-17)3-2-4-19(23)21-13-18(22)15-7-9-16(20)10-8-15/h5-12,18,22H,2-4,13H2,1H3,(H,21,23). The molecule has 0 aromatic heterocycles. The van der Waals surface area contributed by atoms with Crippen LogP contribution >= 0.6 is 0 Å². The molecule has 1 amide bonds. The molecule has 0 heterocycles. The molecular formula is C19H22FNO3. The maximum atomic E-state index is 12.8. The zero-order valence-electron chi connectivity index (χ0n) is 13.7. The summed E-state index contributed by atoms with van der Waals surface area (Å²) in [5.41, 5.74) is 1.73. The maximum Gasteiger partial charge on any atom is 0.220 e. The van der Waals surface area contributed by atoms with Crippen LogP contribution in [0, 0.1) is 5.82 Å². The van der Waals surface area contributed by atoms with E-state index in [0.29, 0.717) is 12.0 Å². The molecule has 0 saturated heterocycles. The lowest BCUT2D eigenvalue weighted by Gasteiger charge is -2.12. The van der Waals surface area contributed by atoms with E-state index < -0.39 is 6.10 Å². The van der Waals surface area contributed by atoms with E-state index in [1.54, 1.807) is 7.11 Å². The minimum absolute atomic E-state index is 0.107. The largest absolute Gasteiger partial charge is 0.497 e. The molecule has 128 valence electrons. The maximum absolute atomic E-state index is 12.8. The number of hydrogen-bond acceptors (Lipinski definition) is 3. The van der Waals surface area contributed by atoms with E-state index in [9.17, 15) is 14.3 Å². The van der Waals surface area contributed by atoms with Crippen molar-refractivity contribution in [2.75, 3.05) is 13.7 Å². The van der Waals surface area contributed by atoms with Gasteiger partial charge in [-0.2, -0.15) is 0 Å². The molecule has 4 nitrogen and oxygen atoms in total. The van der Waals surface area contributed by atoms with Crippen LogP contribution in [0.2, 0.25) is 0 Å². The van der Waals surface area contributed by atoms with Gasteiger partial charge in [0.25, 0.3) is 0 Å². The molecule has 2 aromatic carbocycles. The number of aliphatic hydroxyl groups is 1. The minimum Gasteiger partial charge on any atom is -0.497 e. The first kappa shape index (κ1) is 17.9. The van der Waals surface area contributed by atoms with Crippen molar-refractivity contribution in [2.24, 2.45) is 0 Å². The third-order valence-electron chi connectivity index (χ3n) is 3.78. The highest BCUT2D eigenvalue weighted by Crippen LogP contribution is 2.14. The zero-order chi connectivity index (χ0) is 17.4. The van der Waals surface area contributed by atoms with Crippen molar-refractivity contribution in [3.05, 3.63) is 65.5 Å². The van der Waals surface area contributed by atoms with Crippen LogP contribution < -0.4 is 10.1 Å². The Hall–Kier alpha value is -2.40. The SMILES string of the molecule is COc1ccc(CCCC(=O)NCC(O)c2ccc(F)cc2)cc1. The van der Waals surface area contributed by atoms with Crippen molar-refractivity contribution in [2.45, 2.75) is 25.4 Å². The molecule has 24 heavy (non-hydrogen) atoms. The third kappa shape index (κ3) is 5.66. The van der Waals surface area contributed by atoms with Gasteiger partial charge in [0.05, 0.1) is 13.2 Å². The Labute approximate surface area is 141 Å². The summed E-state index contributed by atoms with van der Waals surface area (Å²) in [6.45, 7) is 0.118. The highest BCUT2D eigenvalue weighted by Gasteiger charge is 2.09. The topological polar surface area (TPSA) is 58.6 Å². The van der Waals surface area contributed by atoms with Crippen LogP contribution in [0.25, 0.3) is 0 Å². The molecule has 2 aromatic rings. The molecule has 1 atom stereocenters. The second-order valence-electron chi connectivity index (χ2n) is 5.57.